The predicted molar refractivity (Wildman–Crippen MR) is 101 cm³/mol. The van der Waals surface area contributed by atoms with Gasteiger partial charge in [-0.25, -0.2) is 4.79 Å². The Morgan fingerprint density at radius 3 is 2.57 bits per heavy atom. The fourth-order valence-electron chi connectivity index (χ4n) is 2.76. The van der Waals surface area contributed by atoms with Crippen molar-refractivity contribution in [2.24, 2.45) is 0 Å². The van der Waals surface area contributed by atoms with Crippen molar-refractivity contribution in [1.82, 2.24) is 0 Å². The molecule has 1 heterocycles. The van der Waals surface area contributed by atoms with Gasteiger partial charge in [0.1, 0.15) is 24.2 Å². The number of carbonyl (C=O) groups excluding carboxylic acids is 1. The van der Waals surface area contributed by atoms with E-state index in [0.29, 0.717) is 22.6 Å². The Kier molecular flexibility index (Phi) is 5.66. The van der Waals surface area contributed by atoms with Gasteiger partial charge in [0.05, 0.1) is 19.6 Å². The lowest BCUT2D eigenvalue weighted by atomic mass is 9.90. The van der Waals surface area contributed by atoms with E-state index in [4.69, 9.17) is 18.6 Å². The summed E-state index contributed by atoms with van der Waals surface area (Å²) in [5, 5.41) is 9.96. The summed E-state index contributed by atoms with van der Waals surface area (Å²) in [5.74, 6) is 0.0505. The lowest BCUT2D eigenvalue weighted by Crippen LogP contribution is -2.42. The molecule has 0 radical (unpaired) electrons. The first-order chi connectivity index (χ1) is 13.6. The molecule has 3 rings (SSSR count). The minimum absolute atomic E-state index is 0.288. The molecule has 0 aliphatic carbocycles. The van der Waals surface area contributed by atoms with E-state index < -0.39 is 11.6 Å². The molecule has 142 valence electrons. The molecule has 0 aliphatic heterocycles. The predicted octanol–water partition coefficient (Wildman–Crippen LogP) is 4.14. The summed E-state index contributed by atoms with van der Waals surface area (Å²) in [7, 11) is 1.22. The van der Waals surface area contributed by atoms with E-state index in [1.807, 2.05) is 12.1 Å². The summed E-state index contributed by atoms with van der Waals surface area (Å²) < 4.78 is 21.6. The lowest BCUT2D eigenvalue weighted by molar-refractivity contribution is -0.155. The van der Waals surface area contributed by atoms with Crippen LogP contribution in [-0.4, -0.2) is 13.1 Å². The largest absolute Gasteiger partial charge is 0.489 e. The van der Waals surface area contributed by atoms with Gasteiger partial charge in [-0.3, -0.25) is 0 Å². The van der Waals surface area contributed by atoms with Crippen LogP contribution in [0.5, 0.6) is 11.5 Å². The average molecular weight is 377 g/mol. The first-order valence-corrected chi connectivity index (χ1v) is 8.58. The molecule has 0 saturated carbocycles. The van der Waals surface area contributed by atoms with Crippen molar-refractivity contribution in [2.75, 3.05) is 7.11 Å². The maximum absolute atomic E-state index is 12.7. The van der Waals surface area contributed by atoms with Gasteiger partial charge in [0.15, 0.2) is 0 Å². The Hall–Kier alpha value is -3.72. The van der Waals surface area contributed by atoms with Crippen molar-refractivity contribution in [3.05, 3.63) is 83.8 Å². The number of nitriles is 1. The SMILES string of the molecule is COC(=O)C(C#N)(Oc1ccccc1)c1cc(OCc2ccoc2)ccc1C. The molecule has 3 aromatic rings. The topological polar surface area (TPSA) is 81.7 Å². The van der Waals surface area contributed by atoms with Crippen molar-refractivity contribution in [3.8, 4) is 17.6 Å². The molecule has 1 unspecified atom stereocenters. The fourth-order valence-corrected chi connectivity index (χ4v) is 2.76. The van der Waals surface area contributed by atoms with Gasteiger partial charge >= 0.3 is 11.6 Å². The van der Waals surface area contributed by atoms with Crippen LogP contribution in [0.3, 0.4) is 0 Å². The van der Waals surface area contributed by atoms with Crippen LogP contribution in [0.4, 0.5) is 0 Å². The summed E-state index contributed by atoms with van der Waals surface area (Å²) in [4.78, 5) is 12.7. The number of aryl methyl sites for hydroxylation is 1. The maximum atomic E-state index is 12.7. The van der Waals surface area contributed by atoms with Gasteiger partial charge in [0, 0.05) is 11.1 Å². The monoisotopic (exact) mass is 377 g/mol. The number of benzene rings is 2. The molecular formula is C22H19NO5. The number of rotatable bonds is 7. The molecule has 2 aromatic carbocycles. The number of methoxy groups -OCH3 is 1. The molecule has 1 atom stereocenters. The van der Waals surface area contributed by atoms with Crippen LogP contribution in [-0.2, 0) is 21.7 Å². The molecule has 0 N–H and O–H groups in total. The van der Waals surface area contributed by atoms with Gasteiger partial charge < -0.3 is 18.6 Å². The molecular weight excluding hydrogens is 358 g/mol. The molecule has 0 saturated heterocycles. The van der Waals surface area contributed by atoms with Crippen LogP contribution in [0.2, 0.25) is 0 Å². The Balaban J connectivity index is 2.00. The van der Waals surface area contributed by atoms with Gasteiger partial charge in [-0.15, -0.1) is 0 Å². The highest BCUT2D eigenvalue weighted by Crippen LogP contribution is 2.34. The van der Waals surface area contributed by atoms with Crippen molar-refractivity contribution in [3.63, 3.8) is 0 Å². The van der Waals surface area contributed by atoms with Crippen LogP contribution in [0.25, 0.3) is 0 Å². The second-order valence-electron chi connectivity index (χ2n) is 6.10. The average Bonchev–Trinajstić information content (AvgIpc) is 3.25. The highest BCUT2D eigenvalue weighted by atomic mass is 16.6. The molecule has 1 aromatic heterocycles. The highest BCUT2D eigenvalue weighted by Gasteiger charge is 2.46. The van der Waals surface area contributed by atoms with E-state index in [0.717, 1.165) is 5.56 Å². The third kappa shape index (κ3) is 3.84. The number of carbonyl (C=O) groups is 1. The number of esters is 1. The van der Waals surface area contributed by atoms with Crippen molar-refractivity contribution >= 4 is 5.97 Å². The maximum Gasteiger partial charge on any atom is 0.370 e. The molecule has 6 nitrogen and oxygen atoms in total. The third-order valence-corrected chi connectivity index (χ3v) is 4.22. The number of furan rings is 1. The van der Waals surface area contributed by atoms with Gasteiger partial charge in [-0.1, -0.05) is 24.3 Å². The minimum atomic E-state index is -1.96. The second-order valence-corrected chi connectivity index (χ2v) is 6.10. The van der Waals surface area contributed by atoms with Crippen molar-refractivity contribution in [1.29, 1.82) is 5.26 Å². The van der Waals surface area contributed by atoms with Crippen LogP contribution in [0.1, 0.15) is 16.7 Å². The minimum Gasteiger partial charge on any atom is -0.489 e. The summed E-state index contributed by atoms with van der Waals surface area (Å²) in [6, 6.07) is 17.6. The number of nitrogens with zero attached hydrogens (tertiary/aromatic N) is 1. The fraction of sp³-hybridized carbons (Fsp3) is 0.182. The van der Waals surface area contributed by atoms with E-state index in [9.17, 15) is 10.1 Å². The smallest absolute Gasteiger partial charge is 0.370 e. The molecule has 0 fully saturated rings. The van der Waals surface area contributed by atoms with Crippen LogP contribution in [0, 0.1) is 18.3 Å². The summed E-state index contributed by atoms with van der Waals surface area (Å²) in [6.07, 6.45) is 3.15. The Morgan fingerprint density at radius 2 is 1.93 bits per heavy atom. The van der Waals surface area contributed by atoms with E-state index in [2.05, 4.69) is 0 Å². The molecule has 0 aliphatic rings. The van der Waals surface area contributed by atoms with E-state index in [1.54, 1.807) is 68.0 Å². The quantitative estimate of drug-likeness (QED) is 0.576. The first kappa shape index (κ1) is 19.1. The van der Waals surface area contributed by atoms with Crippen LogP contribution >= 0.6 is 0 Å². The summed E-state index contributed by atoms with van der Waals surface area (Å²) in [5.41, 5.74) is -0.0500. The second kappa shape index (κ2) is 8.31. The molecule has 0 amide bonds. The van der Waals surface area contributed by atoms with Crippen molar-refractivity contribution in [2.45, 2.75) is 19.1 Å². The van der Waals surface area contributed by atoms with Crippen molar-refractivity contribution < 1.29 is 23.4 Å². The molecule has 28 heavy (non-hydrogen) atoms. The normalized spacial score (nSPS) is 12.5. The number of hydrogen-bond acceptors (Lipinski definition) is 6. The Morgan fingerprint density at radius 1 is 1.14 bits per heavy atom. The van der Waals surface area contributed by atoms with E-state index >= 15 is 0 Å². The van der Waals surface area contributed by atoms with Gasteiger partial charge in [-0.05, 0) is 42.8 Å². The Labute approximate surface area is 162 Å². The lowest BCUT2D eigenvalue weighted by Gasteiger charge is -2.27. The first-order valence-electron chi connectivity index (χ1n) is 8.58. The zero-order valence-electron chi connectivity index (χ0n) is 15.5. The molecule has 0 bridgehead atoms. The van der Waals surface area contributed by atoms with Gasteiger partial charge in [-0.2, -0.15) is 5.26 Å². The van der Waals surface area contributed by atoms with Gasteiger partial charge in [0.25, 0.3) is 0 Å². The number of para-hydroxylation sites is 1. The van der Waals surface area contributed by atoms with E-state index in [-0.39, 0.29) is 6.61 Å². The zero-order chi connectivity index (χ0) is 20.0. The third-order valence-electron chi connectivity index (χ3n) is 4.22. The highest BCUT2D eigenvalue weighted by molar-refractivity contribution is 5.86. The van der Waals surface area contributed by atoms with Crippen LogP contribution in [0.15, 0.2) is 71.5 Å². The van der Waals surface area contributed by atoms with Crippen LogP contribution < -0.4 is 9.47 Å². The summed E-state index contributed by atoms with van der Waals surface area (Å²) >= 11 is 0. The molecule has 0 spiro atoms. The standard InChI is InChI=1S/C22H19NO5/c1-16-8-9-19(27-14-17-10-11-26-13-17)12-20(16)22(15-23,21(24)25-2)28-18-6-4-3-5-7-18/h3-13H,14H2,1-2H3. The Bertz CT molecular complexity index is 976. The number of hydrogen-bond donors (Lipinski definition) is 0. The van der Waals surface area contributed by atoms with E-state index in [1.165, 1.54) is 7.11 Å². The summed E-state index contributed by atoms with van der Waals surface area (Å²) in [6.45, 7) is 2.08. The zero-order valence-corrected chi connectivity index (χ0v) is 15.5. The van der Waals surface area contributed by atoms with Gasteiger partial charge in [0.2, 0.25) is 0 Å². The molecule has 6 heteroatoms. The number of ether oxygens (including phenoxy) is 3.